The lowest BCUT2D eigenvalue weighted by atomic mass is 9.95. The summed E-state index contributed by atoms with van der Waals surface area (Å²) >= 11 is 0. The topological polar surface area (TPSA) is 122 Å². The molecule has 238 valence electrons. The summed E-state index contributed by atoms with van der Waals surface area (Å²) in [4.78, 5) is 22.2. The monoisotopic (exact) mass is 646 g/mol. The maximum atomic E-state index is 13.0. The number of alkyl halides is 6. The minimum Gasteiger partial charge on any atom is -0.394 e. The summed E-state index contributed by atoms with van der Waals surface area (Å²) in [5, 5.41) is 12.0. The Morgan fingerprint density at radius 1 is 1.05 bits per heavy atom. The first-order valence-electron chi connectivity index (χ1n) is 13.3. The smallest absolute Gasteiger partial charge is 0.394 e. The number of carbonyl (C=O) groups is 1. The number of hydrogen-bond donors (Lipinski definition) is 2. The van der Waals surface area contributed by atoms with E-state index in [0.717, 1.165) is 12.1 Å². The number of ether oxygens (including phenoxy) is 1. The first-order chi connectivity index (χ1) is 20.6. The molecular formula is C28H28F6N4O5S. The van der Waals surface area contributed by atoms with Gasteiger partial charge in [-0.3, -0.25) is 9.53 Å². The molecule has 1 aliphatic rings. The van der Waals surface area contributed by atoms with Crippen LogP contribution in [0, 0.1) is 0 Å². The first kappa shape index (κ1) is 33.1. The van der Waals surface area contributed by atoms with E-state index in [2.05, 4.69) is 20.0 Å². The predicted molar refractivity (Wildman–Crippen MR) is 145 cm³/mol. The average molecular weight is 647 g/mol. The van der Waals surface area contributed by atoms with Crippen molar-refractivity contribution in [1.82, 2.24) is 15.3 Å². The molecule has 4 rings (SSSR count). The number of anilines is 1. The molecule has 3 aromatic rings. The highest BCUT2D eigenvalue weighted by Crippen LogP contribution is 2.38. The van der Waals surface area contributed by atoms with E-state index in [9.17, 15) is 44.7 Å². The normalized spacial score (nSPS) is 18.3. The van der Waals surface area contributed by atoms with Crippen LogP contribution in [0.2, 0.25) is 0 Å². The van der Waals surface area contributed by atoms with Crippen molar-refractivity contribution in [1.29, 1.82) is 0 Å². The third-order valence-corrected chi connectivity index (χ3v) is 8.75. The number of rotatable bonds is 10. The minimum atomic E-state index is -4.88. The van der Waals surface area contributed by atoms with Gasteiger partial charge in [-0.2, -0.15) is 13.2 Å². The number of sulfone groups is 1. The molecule has 1 aromatic heterocycles. The Balaban J connectivity index is 1.49. The summed E-state index contributed by atoms with van der Waals surface area (Å²) in [6.45, 7) is 0.375. The third-order valence-electron chi connectivity index (χ3n) is 7.22. The van der Waals surface area contributed by atoms with Crippen LogP contribution < -0.4 is 10.2 Å². The number of carbonyl (C=O) groups excluding carboxylic acids is 1. The highest BCUT2D eigenvalue weighted by atomic mass is 32.2. The number of amides is 1. The van der Waals surface area contributed by atoms with Crippen molar-refractivity contribution in [3.63, 3.8) is 0 Å². The molecule has 0 saturated carbocycles. The van der Waals surface area contributed by atoms with Crippen LogP contribution in [0.3, 0.4) is 0 Å². The summed E-state index contributed by atoms with van der Waals surface area (Å²) < 4.78 is 105. The number of aromatic nitrogens is 2. The van der Waals surface area contributed by atoms with Gasteiger partial charge >= 0.3 is 12.5 Å². The molecule has 0 spiro atoms. The van der Waals surface area contributed by atoms with Crippen molar-refractivity contribution in [3.8, 4) is 0 Å². The van der Waals surface area contributed by atoms with Gasteiger partial charge in [0.25, 0.3) is 5.91 Å². The van der Waals surface area contributed by atoms with E-state index in [1.54, 1.807) is 4.90 Å². The maximum Gasteiger partial charge on any atom is 0.522 e. The molecule has 2 heterocycles. The number of aliphatic hydroxyl groups excluding tert-OH is 1. The largest absolute Gasteiger partial charge is 0.522 e. The Morgan fingerprint density at radius 2 is 1.66 bits per heavy atom. The van der Waals surface area contributed by atoms with E-state index in [1.165, 1.54) is 55.7 Å². The number of halogens is 6. The van der Waals surface area contributed by atoms with Gasteiger partial charge in [-0.15, -0.1) is 13.2 Å². The van der Waals surface area contributed by atoms with Gasteiger partial charge in [0.1, 0.15) is 0 Å². The van der Waals surface area contributed by atoms with Gasteiger partial charge in [-0.25, -0.2) is 18.4 Å². The summed E-state index contributed by atoms with van der Waals surface area (Å²) in [6.07, 6.45) is -6.85. The van der Waals surface area contributed by atoms with Crippen LogP contribution in [0.25, 0.3) is 0 Å². The van der Waals surface area contributed by atoms with Crippen LogP contribution in [0.1, 0.15) is 52.4 Å². The molecule has 2 N–H and O–H groups in total. The van der Waals surface area contributed by atoms with Crippen LogP contribution in [0.4, 0.5) is 32.0 Å². The van der Waals surface area contributed by atoms with Gasteiger partial charge in [-0.1, -0.05) is 19.1 Å². The summed E-state index contributed by atoms with van der Waals surface area (Å²) in [7, 11) is -3.65. The van der Waals surface area contributed by atoms with E-state index in [0.29, 0.717) is 11.3 Å². The Hall–Kier alpha value is -3.76. The lowest BCUT2D eigenvalue weighted by molar-refractivity contribution is -0.325. The van der Waals surface area contributed by atoms with E-state index < -0.39 is 59.1 Å². The zero-order chi connectivity index (χ0) is 32.3. The van der Waals surface area contributed by atoms with Gasteiger partial charge in [0.2, 0.25) is 15.0 Å². The molecule has 0 radical (unpaired) electrons. The molecule has 0 bridgehead atoms. The quantitative estimate of drug-likeness (QED) is 0.241. The minimum absolute atomic E-state index is 0.153. The van der Waals surface area contributed by atoms with Gasteiger partial charge in [0.05, 0.1) is 36.6 Å². The van der Waals surface area contributed by atoms with E-state index in [1.807, 2.05) is 0 Å². The van der Waals surface area contributed by atoms with Gasteiger partial charge < -0.3 is 15.3 Å². The Bertz CT molecular complexity index is 1530. The van der Waals surface area contributed by atoms with Crippen LogP contribution in [0.15, 0.2) is 66.1 Å². The molecule has 0 aliphatic carbocycles. The fourth-order valence-electron chi connectivity index (χ4n) is 4.84. The number of nitrogens with zero attached hydrogens (tertiary/aromatic N) is 3. The number of benzene rings is 2. The SMILES string of the molecule is CCS(=O)(=O)c1ncc([C@H](CO)NC(=O)c2ccc(N3C[C@H](c4ccc(C(F)(F)F)cc4)C[C@H]3COC(F)(F)F)cc2)cn1. The summed E-state index contributed by atoms with van der Waals surface area (Å²) in [5.74, 6) is -1.19. The lowest BCUT2D eigenvalue weighted by Crippen LogP contribution is -2.35. The molecule has 1 amide bonds. The molecule has 16 heteroatoms. The molecular weight excluding hydrogens is 618 g/mol. The zero-order valence-corrected chi connectivity index (χ0v) is 24.0. The van der Waals surface area contributed by atoms with E-state index in [4.69, 9.17) is 0 Å². The summed E-state index contributed by atoms with van der Waals surface area (Å²) in [6, 6.07) is 8.65. The van der Waals surface area contributed by atoms with E-state index in [-0.39, 0.29) is 40.9 Å². The van der Waals surface area contributed by atoms with Crippen molar-refractivity contribution < 1.29 is 49.4 Å². The molecule has 1 fully saturated rings. The number of aliphatic hydroxyl groups is 1. The summed E-state index contributed by atoms with van der Waals surface area (Å²) in [5.41, 5.74) is 0.574. The van der Waals surface area contributed by atoms with E-state index >= 15 is 0 Å². The standard InChI is InChI=1S/C28H28F6N4O5S/c1-2-44(41,42)26-35-12-20(13-36-26)24(15-39)37-25(40)18-5-9-22(10-6-18)38-14-19(11-23(38)16-43-28(32,33)34)17-3-7-21(8-4-17)27(29,30)31/h3-10,12-13,19,23-24,39H,2,11,14-16H2,1H3,(H,37,40)/t19-,23+,24+/m1/s1. The number of hydrogen-bond acceptors (Lipinski definition) is 8. The molecule has 3 atom stereocenters. The van der Waals surface area contributed by atoms with Crippen molar-refractivity contribution >= 4 is 21.4 Å². The van der Waals surface area contributed by atoms with Gasteiger partial charge in [0.15, 0.2) is 0 Å². The van der Waals surface area contributed by atoms with Crippen LogP contribution in [-0.4, -0.2) is 67.3 Å². The number of nitrogens with one attached hydrogen (secondary N) is 1. The molecule has 9 nitrogen and oxygen atoms in total. The Labute approximate surface area is 248 Å². The first-order valence-corrected chi connectivity index (χ1v) is 15.0. The Kier molecular flexibility index (Phi) is 9.85. The third kappa shape index (κ3) is 8.04. The predicted octanol–water partition coefficient (Wildman–Crippen LogP) is 4.65. The van der Waals surface area contributed by atoms with Crippen LogP contribution >= 0.6 is 0 Å². The second-order valence-corrected chi connectivity index (χ2v) is 12.2. The molecule has 44 heavy (non-hydrogen) atoms. The average Bonchev–Trinajstić information content (AvgIpc) is 3.42. The van der Waals surface area contributed by atoms with Crippen LogP contribution in [-0.2, 0) is 20.8 Å². The highest BCUT2D eigenvalue weighted by Gasteiger charge is 2.38. The van der Waals surface area contributed by atoms with Gasteiger partial charge in [-0.05, 0) is 48.4 Å². The van der Waals surface area contributed by atoms with Gasteiger partial charge in [0, 0.05) is 41.7 Å². The zero-order valence-electron chi connectivity index (χ0n) is 23.1. The molecule has 1 saturated heterocycles. The second-order valence-electron chi connectivity index (χ2n) is 10.1. The molecule has 2 aromatic carbocycles. The van der Waals surface area contributed by atoms with Crippen molar-refractivity contribution in [2.45, 2.75) is 49.0 Å². The van der Waals surface area contributed by atoms with Crippen molar-refractivity contribution in [3.05, 3.63) is 83.2 Å². The molecule has 0 unspecified atom stereocenters. The van der Waals surface area contributed by atoms with Crippen molar-refractivity contribution in [2.24, 2.45) is 0 Å². The maximum absolute atomic E-state index is 13.0. The molecule has 1 aliphatic heterocycles. The fourth-order valence-corrected chi connectivity index (χ4v) is 5.53. The van der Waals surface area contributed by atoms with Crippen LogP contribution in [0.5, 0.6) is 0 Å². The highest BCUT2D eigenvalue weighted by molar-refractivity contribution is 7.91. The second kappa shape index (κ2) is 13.1. The van der Waals surface area contributed by atoms with Crippen molar-refractivity contribution in [2.75, 3.05) is 30.4 Å². The Morgan fingerprint density at radius 3 is 2.18 bits per heavy atom. The lowest BCUT2D eigenvalue weighted by Gasteiger charge is -2.27. The fraction of sp³-hybridized carbons (Fsp3) is 0.393.